The van der Waals surface area contributed by atoms with Crippen LogP contribution in [0.3, 0.4) is 0 Å². The van der Waals surface area contributed by atoms with Gasteiger partial charge in [-0.25, -0.2) is 4.79 Å². The van der Waals surface area contributed by atoms with E-state index in [0.29, 0.717) is 6.54 Å². The first-order valence-corrected chi connectivity index (χ1v) is 7.53. The molecule has 2 rings (SSSR count). The zero-order valence-corrected chi connectivity index (χ0v) is 13.1. The Balaban J connectivity index is 1.85. The molecule has 0 unspecified atom stereocenters. The third kappa shape index (κ3) is 4.62. The number of hydrogen-bond donors (Lipinski definition) is 0. The summed E-state index contributed by atoms with van der Waals surface area (Å²) < 4.78 is 4.93. The lowest BCUT2D eigenvalue weighted by atomic mass is 10.2. The summed E-state index contributed by atoms with van der Waals surface area (Å²) >= 11 is 1.54. The summed E-state index contributed by atoms with van der Waals surface area (Å²) in [5.74, 6) is -1.02. The predicted molar refractivity (Wildman–Crippen MR) is 84.2 cm³/mol. The maximum absolute atomic E-state index is 11.9. The van der Waals surface area contributed by atoms with E-state index in [2.05, 4.69) is 0 Å². The van der Waals surface area contributed by atoms with Gasteiger partial charge in [0.05, 0.1) is 17.0 Å². The van der Waals surface area contributed by atoms with Crippen LogP contribution in [0.5, 0.6) is 0 Å². The van der Waals surface area contributed by atoms with E-state index in [1.54, 1.807) is 7.05 Å². The highest BCUT2D eigenvalue weighted by Crippen LogP contribution is 2.13. The van der Waals surface area contributed by atoms with E-state index in [4.69, 9.17) is 4.74 Å². The summed E-state index contributed by atoms with van der Waals surface area (Å²) in [6.07, 6.45) is 0. The number of amides is 1. The zero-order valence-electron chi connectivity index (χ0n) is 12.3. The van der Waals surface area contributed by atoms with Crippen LogP contribution < -0.4 is 0 Å². The minimum atomic E-state index is -0.697. The van der Waals surface area contributed by atoms with Crippen LogP contribution in [0, 0.1) is 10.1 Å². The highest BCUT2D eigenvalue weighted by atomic mass is 32.1. The molecule has 120 valence electrons. The largest absolute Gasteiger partial charge is 0.452 e. The highest BCUT2D eigenvalue weighted by molar-refractivity contribution is 7.09. The number of nitrogens with zero attached hydrogens (tertiary/aromatic N) is 2. The van der Waals surface area contributed by atoms with Crippen LogP contribution in [0.25, 0.3) is 0 Å². The summed E-state index contributed by atoms with van der Waals surface area (Å²) in [4.78, 5) is 36.2. The lowest BCUT2D eigenvalue weighted by molar-refractivity contribution is -0.384. The molecular weight excluding hydrogens is 320 g/mol. The van der Waals surface area contributed by atoms with Crippen LogP contribution in [-0.2, 0) is 16.1 Å². The molecule has 1 aromatic heterocycles. The van der Waals surface area contributed by atoms with Gasteiger partial charge in [-0.15, -0.1) is 11.3 Å². The third-order valence-electron chi connectivity index (χ3n) is 3.04. The molecule has 0 aliphatic heterocycles. The number of esters is 1. The Labute approximate surface area is 136 Å². The SMILES string of the molecule is CN(Cc1cccs1)C(=O)COC(=O)c1ccc([N+](=O)[O-])cc1. The lowest BCUT2D eigenvalue weighted by Crippen LogP contribution is -2.30. The van der Waals surface area contributed by atoms with Gasteiger partial charge in [0.25, 0.3) is 11.6 Å². The minimum Gasteiger partial charge on any atom is -0.452 e. The van der Waals surface area contributed by atoms with E-state index in [0.717, 1.165) is 4.88 Å². The van der Waals surface area contributed by atoms with Crippen molar-refractivity contribution < 1.29 is 19.2 Å². The Kier molecular flexibility index (Phi) is 5.42. The van der Waals surface area contributed by atoms with Crippen LogP contribution in [0.2, 0.25) is 0 Å². The normalized spacial score (nSPS) is 10.1. The van der Waals surface area contributed by atoms with E-state index >= 15 is 0 Å². The molecule has 0 spiro atoms. The van der Waals surface area contributed by atoms with Crippen molar-refractivity contribution in [1.82, 2.24) is 4.90 Å². The third-order valence-corrected chi connectivity index (χ3v) is 3.90. The number of carbonyl (C=O) groups is 2. The molecule has 0 radical (unpaired) electrons. The molecule has 1 aromatic carbocycles. The summed E-state index contributed by atoms with van der Waals surface area (Å²) in [5.41, 5.74) is 0.0395. The summed E-state index contributed by atoms with van der Waals surface area (Å²) in [5, 5.41) is 12.5. The molecule has 23 heavy (non-hydrogen) atoms. The van der Waals surface area contributed by atoms with E-state index < -0.39 is 10.9 Å². The van der Waals surface area contributed by atoms with E-state index in [-0.39, 0.29) is 23.8 Å². The Hall–Kier alpha value is -2.74. The quantitative estimate of drug-likeness (QED) is 0.460. The number of thiophene rings is 1. The monoisotopic (exact) mass is 334 g/mol. The number of non-ortho nitro benzene ring substituents is 1. The summed E-state index contributed by atoms with van der Waals surface area (Å²) in [6.45, 7) is 0.0727. The van der Waals surface area contributed by atoms with Crippen molar-refractivity contribution in [2.24, 2.45) is 0 Å². The first-order chi connectivity index (χ1) is 11.0. The van der Waals surface area contributed by atoms with Crippen molar-refractivity contribution >= 4 is 28.9 Å². The summed E-state index contributed by atoms with van der Waals surface area (Å²) in [7, 11) is 1.63. The standard InChI is InChI=1S/C15H14N2O5S/c1-16(9-13-3-2-8-23-13)14(18)10-22-15(19)11-4-6-12(7-5-11)17(20)21/h2-8H,9-10H2,1H3. The number of likely N-dealkylation sites (N-methyl/N-ethyl adjacent to an activating group) is 1. The molecule has 0 saturated heterocycles. The van der Waals surface area contributed by atoms with Gasteiger partial charge in [-0.2, -0.15) is 0 Å². The van der Waals surface area contributed by atoms with Gasteiger partial charge in [-0.3, -0.25) is 14.9 Å². The second-order valence-electron chi connectivity index (χ2n) is 4.71. The Bertz CT molecular complexity index is 697. The topological polar surface area (TPSA) is 89.8 Å². The van der Waals surface area contributed by atoms with Crippen molar-refractivity contribution in [3.63, 3.8) is 0 Å². The minimum absolute atomic E-state index is 0.117. The molecule has 0 atom stereocenters. The van der Waals surface area contributed by atoms with E-state index in [1.165, 1.54) is 40.5 Å². The summed E-state index contributed by atoms with van der Waals surface area (Å²) in [6, 6.07) is 8.81. The maximum atomic E-state index is 11.9. The van der Waals surface area contributed by atoms with Crippen LogP contribution >= 0.6 is 11.3 Å². The molecule has 0 bridgehead atoms. The number of ether oxygens (including phenoxy) is 1. The maximum Gasteiger partial charge on any atom is 0.338 e. The van der Waals surface area contributed by atoms with Gasteiger partial charge in [-0.05, 0) is 23.6 Å². The number of benzene rings is 1. The Morgan fingerprint density at radius 2 is 1.96 bits per heavy atom. The van der Waals surface area contributed by atoms with E-state index in [9.17, 15) is 19.7 Å². The van der Waals surface area contributed by atoms with Crippen LogP contribution in [0.1, 0.15) is 15.2 Å². The Morgan fingerprint density at radius 3 is 2.52 bits per heavy atom. The number of nitro groups is 1. The van der Waals surface area contributed by atoms with Gasteiger partial charge < -0.3 is 9.64 Å². The smallest absolute Gasteiger partial charge is 0.338 e. The molecule has 0 aliphatic carbocycles. The fraction of sp³-hybridized carbons (Fsp3) is 0.200. The van der Waals surface area contributed by atoms with Crippen molar-refractivity contribution in [2.45, 2.75) is 6.54 Å². The first kappa shape index (κ1) is 16.6. The zero-order chi connectivity index (χ0) is 16.8. The van der Waals surface area contributed by atoms with Crippen LogP contribution in [0.4, 0.5) is 5.69 Å². The molecule has 8 heteroatoms. The molecule has 0 aliphatic rings. The van der Waals surface area contributed by atoms with Gasteiger partial charge in [0.15, 0.2) is 6.61 Å². The number of carbonyl (C=O) groups excluding carboxylic acids is 2. The second kappa shape index (κ2) is 7.50. The molecule has 7 nitrogen and oxygen atoms in total. The molecule has 0 fully saturated rings. The van der Waals surface area contributed by atoms with Crippen LogP contribution in [0.15, 0.2) is 41.8 Å². The van der Waals surface area contributed by atoms with Gasteiger partial charge in [0.2, 0.25) is 0 Å². The molecule has 0 N–H and O–H groups in total. The number of hydrogen-bond acceptors (Lipinski definition) is 6. The highest BCUT2D eigenvalue weighted by Gasteiger charge is 2.15. The average Bonchev–Trinajstić information content (AvgIpc) is 3.05. The molecule has 2 aromatic rings. The van der Waals surface area contributed by atoms with Gasteiger partial charge >= 0.3 is 5.97 Å². The molecular formula is C15H14N2O5S. The lowest BCUT2D eigenvalue weighted by Gasteiger charge is -2.16. The Morgan fingerprint density at radius 1 is 1.26 bits per heavy atom. The molecule has 1 amide bonds. The van der Waals surface area contributed by atoms with Gasteiger partial charge in [0.1, 0.15) is 0 Å². The van der Waals surface area contributed by atoms with Gasteiger partial charge in [-0.1, -0.05) is 6.07 Å². The van der Waals surface area contributed by atoms with Crippen molar-refractivity contribution in [3.05, 3.63) is 62.3 Å². The van der Waals surface area contributed by atoms with Crippen molar-refractivity contribution in [2.75, 3.05) is 13.7 Å². The van der Waals surface area contributed by atoms with Gasteiger partial charge in [0, 0.05) is 24.1 Å². The molecule has 0 saturated carbocycles. The first-order valence-electron chi connectivity index (χ1n) is 6.65. The van der Waals surface area contributed by atoms with Crippen LogP contribution in [-0.4, -0.2) is 35.4 Å². The number of nitro benzene ring substituents is 1. The second-order valence-corrected chi connectivity index (χ2v) is 5.74. The fourth-order valence-corrected chi connectivity index (χ4v) is 2.52. The average molecular weight is 334 g/mol. The van der Waals surface area contributed by atoms with Crippen molar-refractivity contribution in [3.8, 4) is 0 Å². The van der Waals surface area contributed by atoms with Crippen molar-refractivity contribution in [1.29, 1.82) is 0 Å². The van der Waals surface area contributed by atoms with E-state index in [1.807, 2.05) is 17.5 Å². The molecule has 1 heterocycles. The fourth-order valence-electron chi connectivity index (χ4n) is 1.76. The number of rotatable bonds is 6. The predicted octanol–water partition coefficient (Wildman–Crippen LogP) is 2.47.